The van der Waals surface area contributed by atoms with Gasteiger partial charge in [0.15, 0.2) is 15.4 Å². The van der Waals surface area contributed by atoms with Gasteiger partial charge >= 0.3 is 6.18 Å². The van der Waals surface area contributed by atoms with Crippen molar-refractivity contribution < 1.29 is 40.7 Å². The molecule has 1 aromatic heterocycles. The lowest BCUT2D eigenvalue weighted by molar-refractivity contribution is -0.137. The maximum Gasteiger partial charge on any atom is 0.417 e. The summed E-state index contributed by atoms with van der Waals surface area (Å²) in [6.45, 7) is 0.810. The smallest absolute Gasteiger partial charge is 0.379 e. The van der Waals surface area contributed by atoms with E-state index in [0.717, 1.165) is 25.3 Å². The van der Waals surface area contributed by atoms with Crippen molar-refractivity contribution in [1.82, 2.24) is 10.3 Å². The molecule has 0 aliphatic heterocycles. The molecule has 1 atom stereocenters. The molecule has 2 rings (SSSR count). The second kappa shape index (κ2) is 8.86. The summed E-state index contributed by atoms with van der Waals surface area (Å²) in [5.74, 6) is -4.54. The topological polar surface area (TPSA) is 125 Å². The van der Waals surface area contributed by atoms with Crippen LogP contribution in [0.3, 0.4) is 0 Å². The van der Waals surface area contributed by atoms with Crippen LogP contribution in [0.1, 0.15) is 22.8 Å². The summed E-state index contributed by atoms with van der Waals surface area (Å²) >= 11 is 0. The minimum Gasteiger partial charge on any atom is -0.379 e. The number of nitrogens with one attached hydrogen (secondary N) is 2. The number of amides is 2. The van der Waals surface area contributed by atoms with Gasteiger partial charge in [0.05, 0.1) is 27.5 Å². The number of carbonyl (C=O) groups is 2. The highest BCUT2D eigenvalue weighted by Gasteiger charge is 2.38. The van der Waals surface area contributed by atoms with Gasteiger partial charge < -0.3 is 15.7 Å². The number of alkyl halides is 3. The van der Waals surface area contributed by atoms with Crippen molar-refractivity contribution in [1.29, 1.82) is 0 Å². The van der Waals surface area contributed by atoms with E-state index in [1.807, 2.05) is 5.32 Å². The Morgan fingerprint density at radius 2 is 1.84 bits per heavy atom. The van der Waals surface area contributed by atoms with E-state index in [0.29, 0.717) is 12.1 Å². The van der Waals surface area contributed by atoms with Crippen molar-refractivity contribution >= 4 is 40.8 Å². The number of benzene rings is 1. The molecule has 0 aliphatic rings. The van der Waals surface area contributed by atoms with Crippen molar-refractivity contribution in [3.8, 4) is 0 Å². The number of hydrogen-bond donors (Lipinski definition) is 3. The lowest BCUT2D eigenvalue weighted by Crippen LogP contribution is -2.46. The molecule has 0 saturated heterocycles. The number of carbonyl (C=O) groups excluding carboxylic acids is 2. The van der Waals surface area contributed by atoms with Gasteiger partial charge in [0, 0.05) is 13.2 Å². The molecule has 8 nitrogen and oxygen atoms in total. The van der Waals surface area contributed by atoms with Gasteiger partial charge in [-0.1, -0.05) is 0 Å². The monoisotopic (exact) mass is 473 g/mol. The highest BCUT2D eigenvalue weighted by atomic mass is 32.2. The fourth-order valence-corrected chi connectivity index (χ4v) is 4.16. The molecule has 0 aliphatic carbocycles. The number of aliphatic hydroxyl groups is 1. The van der Waals surface area contributed by atoms with Crippen molar-refractivity contribution in [2.45, 2.75) is 23.6 Å². The summed E-state index contributed by atoms with van der Waals surface area (Å²) in [6, 6.07) is 2.84. The quantitative estimate of drug-likeness (QED) is 0.416. The Labute approximate surface area is 181 Å². The highest BCUT2D eigenvalue weighted by Crippen LogP contribution is 2.29. The SMILES string of the molecule is [B]c1ncc(NC(=O)C(C)(O)CS(=O)(=O)c2ccc(C(=O)NC)c(F)c2)cc1C(F)(F)F. The van der Waals surface area contributed by atoms with Crippen LogP contribution in [0.15, 0.2) is 35.4 Å². The van der Waals surface area contributed by atoms with E-state index < -0.39 is 72.3 Å². The van der Waals surface area contributed by atoms with E-state index in [-0.39, 0.29) is 0 Å². The zero-order chi connectivity index (χ0) is 24.5. The maximum absolute atomic E-state index is 14.1. The van der Waals surface area contributed by atoms with Crippen molar-refractivity contribution in [2.75, 3.05) is 18.1 Å². The van der Waals surface area contributed by atoms with E-state index in [9.17, 15) is 40.7 Å². The lowest BCUT2D eigenvalue weighted by atomic mass is 9.97. The predicted octanol–water partition coefficient (Wildman–Crippen LogP) is 0.556. The van der Waals surface area contributed by atoms with Crippen LogP contribution in [-0.4, -0.2) is 56.6 Å². The van der Waals surface area contributed by atoms with Crippen LogP contribution >= 0.6 is 0 Å². The van der Waals surface area contributed by atoms with Crippen LogP contribution in [-0.2, 0) is 20.8 Å². The minimum atomic E-state index is -4.87. The number of sulfone groups is 1. The normalized spacial score (nSPS) is 13.8. The molecule has 32 heavy (non-hydrogen) atoms. The molecule has 0 spiro atoms. The first-order valence-electron chi connectivity index (χ1n) is 8.69. The Morgan fingerprint density at radius 1 is 1.22 bits per heavy atom. The summed E-state index contributed by atoms with van der Waals surface area (Å²) in [4.78, 5) is 26.6. The van der Waals surface area contributed by atoms with E-state index >= 15 is 0 Å². The van der Waals surface area contributed by atoms with Crippen LogP contribution in [0.2, 0.25) is 0 Å². The Morgan fingerprint density at radius 3 is 2.38 bits per heavy atom. The largest absolute Gasteiger partial charge is 0.417 e. The number of rotatable bonds is 6. The van der Waals surface area contributed by atoms with Gasteiger partial charge in [-0.05, 0) is 36.8 Å². The first kappa shape index (κ1) is 25.3. The number of halogens is 4. The molecule has 0 bridgehead atoms. The van der Waals surface area contributed by atoms with E-state index in [4.69, 9.17) is 7.85 Å². The van der Waals surface area contributed by atoms with Gasteiger partial charge in [-0.3, -0.25) is 14.6 Å². The molecule has 0 saturated carbocycles. The zero-order valence-electron chi connectivity index (χ0n) is 16.6. The second-order valence-electron chi connectivity index (χ2n) is 6.86. The zero-order valence-corrected chi connectivity index (χ0v) is 17.4. The summed E-state index contributed by atoms with van der Waals surface area (Å²) in [5.41, 5.74) is -5.72. The van der Waals surface area contributed by atoms with Crippen LogP contribution in [0.5, 0.6) is 0 Å². The highest BCUT2D eigenvalue weighted by molar-refractivity contribution is 7.91. The van der Waals surface area contributed by atoms with Gasteiger partial charge in [0.1, 0.15) is 13.7 Å². The summed E-state index contributed by atoms with van der Waals surface area (Å²) in [7, 11) is 1.95. The van der Waals surface area contributed by atoms with Crippen LogP contribution in [0.4, 0.5) is 23.2 Å². The molecule has 170 valence electrons. The molecular formula is C18H16BF4N3O5S. The Bertz CT molecular complexity index is 1170. The molecule has 1 heterocycles. The van der Waals surface area contributed by atoms with Crippen molar-refractivity contribution in [3.63, 3.8) is 0 Å². The van der Waals surface area contributed by atoms with Crippen LogP contribution < -0.4 is 16.2 Å². The van der Waals surface area contributed by atoms with Crippen LogP contribution in [0.25, 0.3) is 0 Å². The third-order valence-electron chi connectivity index (χ3n) is 4.21. The van der Waals surface area contributed by atoms with Gasteiger partial charge in [-0.15, -0.1) is 0 Å². The number of aromatic nitrogens is 1. The van der Waals surface area contributed by atoms with Gasteiger partial charge in [-0.25, -0.2) is 12.8 Å². The number of nitrogens with zero attached hydrogens (tertiary/aromatic N) is 1. The molecule has 2 amide bonds. The lowest BCUT2D eigenvalue weighted by Gasteiger charge is -2.22. The number of hydrogen-bond acceptors (Lipinski definition) is 6. The molecule has 2 radical (unpaired) electrons. The summed E-state index contributed by atoms with van der Waals surface area (Å²) in [6.07, 6.45) is -4.07. The third-order valence-corrected chi connectivity index (χ3v) is 6.13. The fraction of sp³-hybridized carbons (Fsp3) is 0.278. The fourth-order valence-electron chi connectivity index (χ4n) is 2.56. The van der Waals surface area contributed by atoms with E-state index in [1.165, 1.54) is 7.05 Å². The standard InChI is InChI=1S/C18H16BF4N3O5S/c1-17(29,16(28)26-9-5-12(18(21,22)23)14(19)25-7-9)8-32(30,31)10-3-4-11(13(20)6-10)15(27)24-2/h3-7,29H,8H2,1-2H3,(H,24,27)(H,26,28). The number of pyridine rings is 1. The molecule has 0 fully saturated rings. The average molecular weight is 473 g/mol. The molecule has 1 unspecified atom stereocenters. The molecule has 3 N–H and O–H groups in total. The van der Waals surface area contributed by atoms with Gasteiger partial charge in [0.2, 0.25) is 0 Å². The van der Waals surface area contributed by atoms with Gasteiger partial charge in [-0.2, -0.15) is 13.2 Å². The Hall–Kier alpha value is -3.00. The Kier molecular flexibility index (Phi) is 7.00. The maximum atomic E-state index is 14.1. The first-order chi connectivity index (χ1) is 14.6. The minimum absolute atomic E-state index is 0.424. The average Bonchev–Trinajstić information content (AvgIpc) is 2.67. The number of anilines is 1. The molecule has 2 aromatic rings. The third kappa shape index (κ3) is 5.62. The predicted molar refractivity (Wildman–Crippen MR) is 106 cm³/mol. The summed E-state index contributed by atoms with van der Waals surface area (Å²) in [5, 5.41) is 14.5. The first-order valence-corrected chi connectivity index (χ1v) is 10.3. The molecule has 14 heteroatoms. The van der Waals surface area contributed by atoms with Crippen molar-refractivity contribution in [3.05, 3.63) is 47.4 Å². The van der Waals surface area contributed by atoms with E-state index in [1.54, 1.807) is 0 Å². The van der Waals surface area contributed by atoms with Crippen molar-refractivity contribution in [2.24, 2.45) is 0 Å². The van der Waals surface area contributed by atoms with Gasteiger partial charge in [0.25, 0.3) is 11.8 Å². The Balaban J connectivity index is 2.26. The second-order valence-corrected chi connectivity index (χ2v) is 8.85. The molecule has 1 aromatic carbocycles. The van der Waals surface area contributed by atoms with E-state index in [2.05, 4.69) is 10.3 Å². The molecular weight excluding hydrogens is 457 g/mol. The summed E-state index contributed by atoms with van der Waals surface area (Å²) < 4.78 is 78.0. The van der Waals surface area contributed by atoms with Crippen LogP contribution in [0, 0.1) is 5.82 Å².